The Balaban J connectivity index is 0.000000536. The molecule has 0 bridgehead atoms. The lowest BCUT2D eigenvalue weighted by molar-refractivity contribution is -0.248. The number of hydrogen-bond acceptors (Lipinski definition) is 5. The molecule has 5 heteroatoms. The minimum atomic E-state index is -1.08. The summed E-state index contributed by atoms with van der Waals surface area (Å²) in [6.45, 7) is 5.67. The molecule has 0 aliphatic rings. The first kappa shape index (κ1) is 22.9. The number of benzene rings is 2. The highest BCUT2D eigenvalue weighted by Crippen LogP contribution is 2.17. The Hall–Kier alpha value is -2.05. The summed E-state index contributed by atoms with van der Waals surface area (Å²) in [6, 6.07) is 17.7. The van der Waals surface area contributed by atoms with Gasteiger partial charge in [0.05, 0.1) is 14.2 Å². The van der Waals surface area contributed by atoms with Crippen LogP contribution in [0.25, 0.3) is 0 Å². The van der Waals surface area contributed by atoms with Crippen molar-refractivity contribution in [2.75, 3.05) is 27.4 Å². The van der Waals surface area contributed by atoms with Gasteiger partial charge >= 0.3 is 0 Å². The standard InChI is InChI=1S/C14H12O2.C4H10O.C2H6O2/c15-13(11-7-3-1-4-8-11)14(16)12-9-5-2-6-10-12;1-3-5-4-2;1-3-4-2/h1-10,13,15H;3-4H2,1-2H3;1-2H3. The van der Waals surface area contributed by atoms with Crippen molar-refractivity contribution in [2.24, 2.45) is 0 Å². The number of aliphatic hydroxyl groups is 1. The van der Waals surface area contributed by atoms with Crippen molar-refractivity contribution in [3.8, 4) is 0 Å². The molecule has 0 saturated carbocycles. The van der Waals surface area contributed by atoms with Crippen molar-refractivity contribution in [3.63, 3.8) is 0 Å². The summed E-state index contributed by atoms with van der Waals surface area (Å²) in [5, 5.41) is 9.89. The molecule has 0 aliphatic heterocycles. The molecule has 138 valence electrons. The number of carbonyl (C=O) groups excluding carboxylic acids is 1. The highest BCUT2D eigenvalue weighted by molar-refractivity contribution is 5.99. The second-order valence-corrected chi connectivity index (χ2v) is 4.66. The Morgan fingerprint density at radius 2 is 1.32 bits per heavy atom. The van der Waals surface area contributed by atoms with Crippen LogP contribution in [0.5, 0.6) is 0 Å². The summed E-state index contributed by atoms with van der Waals surface area (Å²) in [5.74, 6) is -0.271. The first-order valence-corrected chi connectivity index (χ1v) is 8.09. The fourth-order valence-corrected chi connectivity index (χ4v) is 1.75. The van der Waals surface area contributed by atoms with Crippen molar-refractivity contribution >= 4 is 5.78 Å². The van der Waals surface area contributed by atoms with E-state index in [9.17, 15) is 9.90 Å². The van der Waals surface area contributed by atoms with Crippen molar-refractivity contribution in [1.29, 1.82) is 0 Å². The van der Waals surface area contributed by atoms with Crippen LogP contribution < -0.4 is 0 Å². The summed E-state index contributed by atoms with van der Waals surface area (Å²) in [5.41, 5.74) is 1.15. The molecule has 0 heterocycles. The van der Waals surface area contributed by atoms with Gasteiger partial charge in [0.25, 0.3) is 0 Å². The maximum Gasteiger partial charge on any atom is 0.195 e. The molecule has 0 spiro atoms. The average Bonchev–Trinajstić information content (AvgIpc) is 2.69. The zero-order valence-electron chi connectivity index (χ0n) is 15.3. The van der Waals surface area contributed by atoms with Crippen molar-refractivity contribution in [2.45, 2.75) is 20.0 Å². The van der Waals surface area contributed by atoms with Gasteiger partial charge in [-0.1, -0.05) is 60.7 Å². The summed E-state index contributed by atoms with van der Waals surface area (Å²) in [4.78, 5) is 20.0. The van der Waals surface area contributed by atoms with E-state index in [0.717, 1.165) is 13.2 Å². The van der Waals surface area contributed by atoms with Crippen LogP contribution in [0.2, 0.25) is 0 Å². The highest BCUT2D eigenvalue weighted by Gasteiger charge is 2.18. The molecule has 0 aromatic heterocycles. The molecule has 25 heavy (non-hydrogen) atoms. The second-order valence-electron chi connectivity index (χ2n) is 4.66. The van der Waals surface area contributed by atoms with Gasteiger partial charge in [0.2, 0.25) is 0 Å². The molecule has 1 atom stereocenters. The van der Waals surface area contributed by atoms with E-state index in [2.05, 4.69) is 9.78 Å². The van der Waals surface area contributed by atoms with Gasteiger partial charge in [0.1, 0.15) is 6.10 Å². The smallest absolute Gasteiger partial charge is 0.195 e. The van der Waals surface area contributed by atoms with E-state index in [1.54, 1.807) is 48.5 Å². The molecule has 1 N–H and O–H groups in total. The maximum atomic E-state index is 11.9. The molecule has 2 aromatic rings. The number of carbonyl (C=O) groups is 1. The van der Waals surface area contributed by atoms with Gasteiger partial charge in [0.15, 0.2) is 5.78 Å². The molecule has 2 rings (SSSR count). The molecule has 0 radical (unpaired) electrons. The zero-order chi connectivity index (χ0) is 18.9. The molecule has 0 aliphatic carbocycles. The average molecular weight is 348 g/mol. The van der Waals surface area contributed by atoms with Gasteiger partial charge in [0, 0.05) is 18.8 Å². The molecule has 0 saturated heterocycles. The van der Waals surface area contributed by atoms with Gasteiger partial charge in [-0.25, -0.2) is 9.78 Å². The molecular weight excluding hydrogens is 320 g/mol. The van der Waals surface area contributed by atoms with E-state index in [-0.39, 0.29) is 5.78 Å². The van der Waals surface area contributed by atoms with Crippen LogP contribution in [0, 0.1) is 0 Å². The molecule has 1 unspecified atom stereocenters. The Labute approximate surface area is 150 Å². The number of hydrogen-bond donors (Lipinski definition) is 1. The normalized spacial score (nSPS) is 10.6. The predicted molar refractivity (Wildman–Crippen MR) is 98.4 cm³/mol. The van der Waals surface area contributed by atoms with Crippen molar-refractivity contribution in [1.82, 2.24) is 0 Å². The number of ether oxygens (including phenoxy) is 1. The monoisotopic (exact) mass is 348 g/mol. The lowest BCUT2D eigenvalue weighted by Gasteiger charge is -2.09. The first-order chi connectivity index (χ1) is 12.1. The molecule has 2 aromatic carbocycles. The van der Waals surface area contributed by atoms with Crippen LogP contribution in [0.3, 0.4) is 0 Å². The van der Waals surface area contributed by atoms with Crippen LogP contribution in [-0.4, -0.2) is 38.3 Å². The maximum absolute atomic E-state index is 11.9. The minimum Gasteiger partial charge on any atom is -0.382 e. The quantitative estimate of drug-likeness (QED) is 0.488. The summed E-state index contributed by atoms with van der Waals surface area (Å²) in [7, 11) is 2.92. The third kappa shape index (κ3) is 10.4. The molecule has 5 nitrogen and oxygen atoms in total. The Morgan fingerprint density at radius 1 is 0.880 bits per heavy atom. The number of ketones is 1. The Bertz CT molecular complexity index is 539. The highest BCUT2D eigenvalue weighted by atomic mass is 17.2. The Morgan fingerprint density at radius 3 is 1.68 bits per heavy atom. The first-order valence-electron chi connectivity index (χ1n) is 8.09. The summed E-state index contributed by atoms with van der Waals surface area (Å²) >= 11 is 0. The third-order valence-corrected chi connectivity index (χ3v) is 3.00. The molecular formula is C20H28O5. The van der Waals surface area contributed by atoms with Crippen molar-refractivity contribution in [3.05, 3.63) is 71.8 Å². The minimum absolute atomic E-state index is 0.271. The van der Waals surface area contributed by atoms with Gasteiger partial charge in [-0.2, -0.15) is 0 Å². The summed E-state index contributed by atoms with van der Waals surface area (Å²) < 4.78 is 4.83. The third-order valence-electron chi connectivity index (χ3n) is 3.00. The van der Waals surface area contributed by atoms with Gasteiger partial charge < -0.3 is 9.84 Å². The van der Waals surface area contributed by atoms with Gasteiger partial charge in [-0.3, -0.25) is 4.79 Å². The van der Waals surface area contributed by atoms with Crippen LogP contribution in [-0.2, 0) is 14.5 Å². The number of rotatable bonds is 6. The van der Waals surface area contributed by atoms with E-state index in [1.807, 2.05) is 26.0 Å². The molecule has 0 amide bonds. The largest absolute Gasteiger partial charge is 0.382 e. The van der Waals surface area contributed by atoms with Crippen LogP contribution >= 0.6 is 0 Å². The number of aliphatic hydroxyl groups excluding tert-OH is 1. The van der Waals surface area contributed by atoms with E-state index in [0.29, 0.717) is 11.1 Å². The second kappa shape index (κ2) is 15.5. The predicted octanol–water partition coefficient (Wildman–Crippen LogP) is 3.84. The van der Waals surface area contributed by atoms with Crippen LogP contribution in [0.4, 0.5) is 0 Å². The SMILES string of the molecule is CCOCC.COOC.O=C(c1ccccc1)C(O)c1ccccc1. The summed E-state index contributed by atoms with van der Waals surface area (Å²) in [6.07, 6.45) is -1.08. The fourth-order valence-electron chi connectivity index (χ4n) is 1.75. The lowest BCUT2D eigenvalue weighted by Crippen LogP contribution is -2.11. The fraction of sp³-hybridized carbons (Fsp3) is 0.350. The van der Waals surface area contributed by atoms with Gasteiger partial charge in [-0.05, 0) is 19.4 Å². The van der Waals surface area contributed by atoms with E-state index < -0.39 is 6.10 Å². The lowest BCUT2D eigenvalue weighted by atomic mass is 10.0. The van der Waals surface area contributed by atoms with Crippen LogP contribution in [0.15, 0.2) is 60.7 Å². The molecule has 0 fully saturated rings. The van der Waals surface area contributed by atoms with Crippen LogP contribution in [0.1, 0.15) is 35.9 Å². The number of Topliss-reactive ketones (excluding diaryl/α,β-unsaturated/α-hetero) is 1. The topological polar surface area (TPSA) is 65.0 Å². The Kier molecular flexibility index (Phi) is 14.2. The van der Waals surface area contributed by atoms with Crippen molar-refractivity contribution < 1.29 is 24.4 Å². The van der Waals surface area contributed by atoms with E-state index >= 15 is 0 Å². The zero-order valence-corrected chi connectivity index (χ0v) is 15.3. The van der Waals surface area contributed by atoms with Gasteiger partial charge in [-0.15, -0.1) is 0 Å². The van der Waals surface area contributed by atoms with E-state index in [4.69, 9.17) is 4.74 Å². The van der Waals surface area contributed by atoms with E-state index in [1.165, 1.54) is 14.2 Å².